The Morgan fingerprint density at radius 2 is 1.59 bits per heavy atom. The van der Waals surface area contributed by atoms with Gasteiger partial charge < -0.3 is 43.8 Å². The van der Waals surface area contributed by atoms with E-state index in [2.05, 4.69) is 49.6 Å². The first-order valence-electron chi connectivity index (χ1n) is 22.9. The van der Waals surface area contributed by atoms with Crippen LogP contribution in [-0.4, -0.2) is 102 Å². The van der Waals surface area contributed by atoms with Crippen molar-refractivity contribution in [2.75, 3.05) is 52.8 Å². The van der Waals surface area contributed by atoms with Crippen molar-refractivity contribution in [3.63, 3.8) is 0 Å². The van der Waals surface area contributed by atoms with E-state index in [0.717, 1.165) is 47.9 Å². The van der Waals surface area contributed by atoms with E-state index in [1.54, 1.807) is 17.1 Å². The number of hydrogen-bond acceptors (Lipinski definition) is 11. The van der Waals surface area contributed by atoms with Crippen LogP contribution in [-0.2, 0) is 19.0 Å². The molecule has 0 bridgehead atoms. The first kappa shape index (κ1) is 48.5. The fourth-order valence-electron chi connectivity index (χ4n) is 9.40. The van der Waals surface area contributed by atoms with E-state index in [1.165, 1.54) is 0 Å². The van der Waals surface area contributed by atoms with E-state index in [-0.39, 0.29) is 77.0 Å². The fraction of sp³-hybridized carbons (Fsp3) is 0.500. The van der Waals surface area contributed by atoms with Gasteiger partial charge in [0.2, 0.25) is 5.79 Å². The molecule has 3 aromatic rings. The molecule has 0 radical (unpaired) electrons. The average molecular weight is 881 g/mol. The molecule has 0 saturated heterocycles. The van der Waals surface area contributed by atoms with Gasteiger partial charge in [0.15, 0.2) is 0 Å². The van der Waals surface area contributed by atoms with Gasteiger partial charge in [-0.1, -0.05) is 78.7 Å². The summed E-state index contributed by atoms with van der Waals surface area (Å²) in [6, 6.07) is 23.4. The number of carbonyl (C=O) groups excluding carboxylic acids is 1. The summed E-state index contributed by atoms with van der Waals surface area (Å²) in [6.45, 7) is 14.2. The molecule has 64 heavy (non-hydrogen) atoms. The molecule has 2 aliphatic carbocycles. The molecule has 6 atom stereocenters. The number of amides is 1. The molecule has 12 heteroatoms. The monoisotopic (exact) mass is 880 g/mol. The van der Waals surface area contributed by atoms with Crippen molar-refractivity contribution in [3.8, 4) is 28.4 Å². The molecule has 1 fully saturated rings. The van der Waals surface area contributed by atoms with Crippen LogP contribution >= 0.6 is 0 Å². The smallest absolute Gasteiger partial charge is 0.410 e. The molecule has 1 heterocycles. The minimum atomic E-state index is -1.48. The van der Waals surface area contributed by atoms with Crippen molar-refractivity contribution in [2.45, 2.75) is 95.5 Å². The summed E-state index contributed by atoms with van der Waals surface area (Å²) in [7, 11) is 0. The summed E-state index contributed by atoms with van der Waals surface area (Å²) in [6.07, 6.45) is 10.3. The van der Waals surface area contributed by atoms with Crippen LogP contribution in [0.15, 0.2) is 115 Å². The number of aliphatic hydroxyl groups excluding tert-OH is 3. The van der Waals surface area contributed by atoms with Gasteiger partial charge in [0, 0.05) is 37.7 Å². The minimum Gasteiger partial charge on any atom is -0.459 e. The van der Waals surface area contributed by atoms with Crippen molar-refractivity contribution in [3.05, 3.63) is 115 Å². The highest BCUT2D eigenvalue weighted by atomic mass is 16.7. The molecule has 12 nitrogen and oxygen atoms in total. The summed E-state index contributed by atoms with van der Waals surface area (Å²) in [5, 5.41) is 34.4. The Kier molecular flexibility index (Phi) is 17.6. The molecule has 1 amide bonds. The Bertz CT molecular complexity index is 2030. The summed E-state index contributed by atoms with van der Waals surface area (Å²) in [5.41, 5.74) is 4.11. The van der Waals surface area contributed by atoms with Crippen LogP contribution in [0.1, 0.15) is 83.6 Å². The van der Waals surface area contributed by atoms with Crippen molar-refractivity contribution >= 4 is 11.8 Å². The standard InChI is InChI=1S/C52H68N2O10/c1-6-8-31-60-50(58)54(26-32-59-33-29-57)47-36-45(53-64-51(3,4)5)43-34-39(18-12-14-27-55)42(19-13-15-28-56)48-44-35-41(24-25-46(44)63-52(47,49(43)48)61-30-7-2)62-40-22-20-38(21-23-40)37-16-10-9-11-17-37/h6-7,9-11,16-17,20-25,34-35,39,42,47-49,55-57H,1-2,8,12-15,18-19,26-33,36H2,3-5H3. The molecular weight excluding hydrogens is 813 g/mol. The van der Waals surface area contributed by atoms with Gasteiger partial charge in [-0.05, 0) is 112 Å². The van der Waals surface area contributed by atoms with Crippen LogP contribution in [0.5, 0.6) is 17.2 Å². The van der Waals surface area contributed by atoms with Gasteiger partial charge in [-0.3, -0.25) is 4.90 Å². The summed E-state index contributed by atoms with van der Waals surface area (Å²) in [5.74, 6) is -0.228. The lowest BCUT2D eigenvalue weighted by molar-refractivity contribution is -0.256. The summed E-state index contributed by atoms with van der Waals surface area (Å²) < 4.78 is 32.7. The molecular formula is C52H68N2O10. The van der Waals surface area contributed by atoms with Crippen LogP contribution in [0.25, 0.3) is 11.1 Å². The maximum absolute atomic E-state index is 14.4. The lowest BCUT2D eigenvalue weighted by Crippen LogP contribution is -2.70. The highest BCUT2D eigenvalue weighted by Gasteiger charge is 2.65. The van der Waals surface area contributed by atoms with Gasteiger partial charge in [-0.2, -0.15) is 0 Å². The number of oxime groups is 1. The van der Waals surface area contributed by atoms with E-state index in [9.17, 15) is 20.1 Å². The highest BCUT2D eigenvalue weighted by molar-refractivity contribution is 6.03. The normalized spacial score (nSPS) is 22.9. The second-order valence-corrected chi connectivity index (χ2v) is 17.7. The lowest BCUT2D eigenvalue weighted by Gasteiger charge is -2.59. The van der Waals surface area contributed by atoms with Gasteiger partial charge in [0.25, 0.3) is 0 Å². The zero-order valence-electron chi connectivity index (χ0n) is 37.9. The number of ether oxygens (including phenoxy) is 5. The Morgan fingerprint density at radius 3 is 2.28 bits per heavy atom. The van der Waals surface area contributed by atoms with Crippen LogP contribution in [0.2, 0.25) is 0 Å². The molecule has 3 aliphatic rings. The predicted molar refractivity (Wildman–Crippen MR) is 249 cm³/mol. The zero-order chi connectivity index (χ0) is 45.5. The molecule has 0 spiro atoms. The number of nitrogens with zero attached hydrogens (tertiary/aromatic N) is 2. The van der Waals surface area contributed by atoms with Gasteiger partial charge in [0.1, 0.15) is 28.9 Å². The third-order valence-corrected chi connectivity index (χ3v) is 12.1. The Hall–Kier alpha value is -4.98. The zero-order valence-corrected chi connectivity index (χ0v) is 37.9. The van der Waals surface area contributed by atoms with E-state index in [0.29, 0.717) is 42.2 Å². The number of unbranched alkanes of at least 4 members (excludes halogenated alkanes) is 2. The van der Waals surface area contributed by atoms with E-state index in [4.69, 9.17) is 33.7 Å². The quantitative estimate of drug-likeness (QED) is 0.0451. The number of carbonyl (C=O) groups is 1. The van der Waals surface area contributed by atoms with Gasteiger partial charge in [-0.25, -0.2) is 4.79 Å². The second-order valence-electron chi connectivity index (χ2n) is 17.7. The topological polar surface area (TPSA) is 149 Å². The number of benzene rings is 3. The van der Waals surface area contributed by atoms with Crippen molar-refractivity contribution in [1.29, 1.82) is 0 Å². The van der Waals surface area contributed by atoms with E-state index >= 15 is 0 Å². The number of hydrogen-bond donors (Lipinski definition) is 3. The summed E-state index contributed by atoms with van der Waals surface area (Å²) in [4.78, 5) is 22.3. The van der Waals surface area contributed by atoms with Crippen molar-refractivity contribution in [1.82, 2.24) is 4.90 Å². The molecule has 0 aromatic heterocycles. The van der Waals surface area contributed by atoms with Crippen LogP contribution in [0, 0.1) is 17.8 Å². The van der Waals surface area contributed by atoms with Crippen molar-refractivity contribution in [2.24, 2.45) is 22.9 Å². The third-order valence-electron chi connectivity index (χ3n) is 12.1. The number of rotatable bonds is 24. The second kappa shape index (κ2) is 23.3. The van der Waals surface area contributed by atoms with Crippen LogP contribution < -0.4 is 9.47 Å². The maximum Gasteiger partial charge on any atom is 0.410 e. The molecule has 3 N–H and O–H groups in total. The lowest BCUT2D eigenvalue weighted by atomic mass is 9.55. The van der Waals surface area contributed by atoms with E-state index < -0.39 is 29.4 Å². The first-order valence-corrected chi connectivity index (χ1v) is 22.9. The number of aliphatic hydroxyl groups is 3. The maximum atomic E-state index is 14.4. The van der Waals surface area contributed by atoms with E-state index in [1.807, 2.05) is 63.2 Å². The Morgan fingerprint density at radius 1 is 0.875 bits per heavy atom. The third kappa shape index (κ3) is 11.8. The minimum absolute atomic E-state index is 0.0261. The Balaban J connectivity index is 1.55. The van der Waals surface area contributed by atoms with Gasteiger partial charge >= 0.3 is 6.09 Å². The van der Waals surface area contributed by atoms with Gasteiger partial charge in [-0.15, -0.1) is 13.2 Å². The van der Waals surface area contributed by atoms with Crippen molar-refractivity contribution < 1.29 is 48.6 Å². The number of allylic oxidation sites excluding steroid dienone is 1. The number of fused-ring (bicyclic) bond motifs is 2. The molecule has 3 aromatic carbocycles. The molecule has 1 saturated carbocycles. The summed E-state index contributed by atoms with van der Waals surface area (Å²) >= 11 is 0. The largest absolute Gasteiger partial charge is 0.459 e. The Labute approximate surface area is 379 Å². The SMILES string of the molecule is C=CCCOC(=O)N(CCOCCO)C1CC(=NOC(C)(C)C)C2=CC(CCCCO)C(CCCCO)C3c4cc(Oc5ccc(-c6ccccc6)cc5)ccc4OC1(OCC=C)C23. The van der Waals surface area contributed by atoms with Crippen LogP contribution in [0.4, 0.5) is 4.79 Å². The highest BCUT2D eigenvalue weighted by Crippen LogP contribution is 2.62. The first-order chi connectivity index (χ1) is 31.1. The molecule has 346 valence electrons. The van der Waals surface area contributed by atoms with Crippen LogP contribution in [0.3, 0.4) is 0 Å². The molecule has 6 unspecified atom stereocenters. The fourth-order valence-corrected chi connectivity index (χ4v) is 9.40. The van der Waals surface area contributed by atoms with Gasteiger partial charge in [0.05, 0.1) is 44.7 Å². The molecule has 1 aliphatic heterocycles. The average Bonchev–Trinajstić information content (AvgIpc) is 3.29. The molecule has 6 rings (SSSR count). The predicted octanol–water partition coefficient (Wildman–Crippen LogP) is 9.60.